The summed E-state index contributed by atoms with van der Waals surface area (Å²) in [6.07, 6.45) is 0.620. The molecule has 0 aromatic heterocycles. The van der Waals surface area contributed by atoms with Gasteiger partial charge in [-0.25, -0.2) is 27.6 Å². The number of esters is 3. The van der Waals surface area contributed by atoms with Crippen LogP contribution in [0.5, 0.6) is 0 Å². The Morgan fingerprint density at radius 1 is 0.522 bits per heavy atom. The van der Waals surface area contributed by atoms with E-state index in [1.807, 2.05) is 6.92 Å². The summed E-state index contributed by atoms with van der Waals surface area (Å²) in [5, 5.41) is 4.63. The number of carbonyl (C=O) groups excluding carboxylic acids is 3. The lowest BCUT2D eigenvalue weighted by molar-refractivity contribution is -0.0000654. The van der Waals surface area contributed by atoms with Crippen LogP contribution in [0.1, 0.15) is 82.9 Å². The largest absolute Gasteiger partial charge is 1.00 e. The second-order valence-electron chi connectivity index (χ2n) is 13.0. The molecule has 6 aromatic carbocycles. The predicted molar refractivity (Wildman–Crippen MR) is 272 cm³/mol. The van der Waals surface area contributed by atoms with Crippen molar-refractivity contribution in [2.24, 2.45) is 0 Å². The molecule has 0 radical (unpaired) electrons. The summed E-state index contributed by atoms with van der Waals surface area (Å²) >= 11 is 22.5. The first-order valence-corrected chi connectivity index (χ1v) is 24.1. The quantitative estimate of drug-likeness (QED) is 0.0557. The fraction of sp³-hybridized carbons (Fsp3) is 0.235. The number of halogens is 9. The van der Waals surface area contributed by atoms with E-state index in [1.165, 1.54) is 34.1 Å². The molecule has 0 spiro atoms. The van der Waals surface area contributed by atoms with Gasteiger partial charge >= 0.3 is 17.9 Å². The Morgan fingerprint density at radius 3 is 1.09 bits per heavy atom. The minimum atomic E-state index is -1.61. The Kier molecular flexibility index (Phi) is 32.4. The molecule has 0 aliphatic rings. The zero-order valence-electron chi connectivity index (χ0n) is 36.7. The number of hydrogen-bond donors (Lipinski definition) is 0. The first kappa shape index (κ1) is 63.1. The van der Waals surface area contributed by atoms with E-state index in [0.717, 1.165) is 0 Å². The highest BCUT2D eigenvalue weighted by molar-refractivity contribution is 9.08. The Hall–Kier alpha value is -3.93. The summed E-state index contributed by atoms with van der Waals surface area (Å²) in [4.78, 5) is 33.5. The molecule has 0 saturated heterocycles. The molecule has 0 aliphatic carbocycles. The molecule has 67 heavy (non-hydrogen) atoms. The standard InChI is InChI=1S/C18H15P.C11H13FO2.C10H10BrFO2.C10H11FO2.CCl4.CH4.BrH/c1-4-10-16(11-5-1)19(17-12-6-2-7-13-17)18-14-8-3-9-15-18;1-3-8-5-6-9(7-10(8)12)11(13)14-4-2;1-2-14-10(13)7-3-4-8(6-11)9(12)5-7;1-3-13-10(12)8-5-4-7(2)9(11)6-8;2-1(3,4)5;;/h1-15H;5-7H,3-4H2,1-2H3;3-5H,2,6H2,1H3;4-6H,3H2,1-2H3;;1H4;1H/p-1. The molecule has 0 heterocycles. The van der Waals surface area contributed by atoms with Crippen molar-refractivity contribution in [1.29, 1.82) is 0 Å². The van der Waals surface area contributed by atoms with E-state index >= 15 is 0 Å². The molecule has 6 rings (SSSR count). The zero-order chi connectivity index (χ0) is 48.4. The van der Waals surface area contributed by atoms with Crippen LogP contribution in [0.3, 0.4) is 0 Å². The van der Waals surface area contributed by atoms with Gasteiger partial charge in [-0.3, -0.25) is 0 Å². The maximum Gasteiger partial charge on any atom is 0.338 e. The number of carbonyl (C=O) groups is 3. The molecule has 0 bridgehead atoms. The lowest BCUT2D eigenvalue weighted by Gasteiger charge is -2.18. The minimum absolute atomic E-state index is 0. The van der Waals surface area contributed by atoms with Crippen LogP contribution < -0.4 is 32.9 Å². The molecule has 6 nitrogen and oxygen atoms in total. The number of ether oxygens (including phenoxy) is 3. The van der Waals surface area contributed by atoms with Crippen LogP contribution in [-0.2, 0) is 26.0 Å². The zero-order valence-corrected chi connectivity index (χ0v) is 43.8. The van der Waals surface area contributed by atoms with Gasteiger partial charge in [0.25, 0.3) is 3.25 Å². The molecule has 0 unspecified atom stereocenters. The second kappa shape index (κ2) is 34.4. The molecule has 16 heteroatoms. The van der Waals surface area contributed by atoms with Gasteiger partial charge in [0.1, 0.15) is 17.5 Å². The highest BCUT2D eigenvalue weighted by Gasteiger charge is 2.16. The van der Waals surface area contributed by atoms with Gasteiger partial charge in [-0.05, 0) is 111 Å². The van der Waals surface area contributed by atoms with E-state index in [1.54, 1.807) is 64.1 Å². The van der Waals surface area contributed by atoms with Gasteiger partial charge in [0.2, 0.25) is 0 Å². The monoisotopic (exact) mass is 1150 g/mol. The van der Waals surface area contributed by atoms with E-state index < -0.39 is 34.9 Å². The fourth-order valence-electron chi connectivity index (χ4n) is 5.29. The fourth-order valence-corrected chi connectivity index (χ4v) is 8.05. The molecule has 0 saturated carbocycles. The average molecular weight is 1150 g/mol. The van der Waals surface area contributed by atoms with Gasteiger partial charge < -0.3 is 31.2 Å². The van der Waals surface area contributed by atoms with Crippen molar-refractivity contribution in [3.63, 3.8) is 0 Å². The van der Waals surface area contributed by atoms with Crippen LogP contribution in [0.15, 0.2) is 146 Å². The van der Waals surface area contributed by atoms with Gasteiger partial charge in [0, 0.05) is 5.33 Å². The second-order valence-corrected chi connectivity index (χ2v) is 19.2. The van der Waals surface area contributed by atoms with Gasteiger partial charge in [0.15, 0.2) is 0 Å². The molecule has 0 N–H and O–H groups in total. The molecule has 6 aromatic rings. The average Bonchev–Trinajstić information content (AvgIpc) is 3.29. The van der Waals surface area contributed by atoms with E-state index in [-0.39, 0.29) is 52.7 Å². The van der Waals surface area contributed by atoms with Gasteiger partial charge in [0.05, 0.1) is 36.5 Å². The number of aryl methyl sites for hydroxylation is 2. The van der Waals surface area contributed by atoms with Crippen LogP contribution in [0.2, 0.25) is 0 Å². The van der Waals surface area contributed by atoms with Crippen LogP contribution >= 0.6 is 70.3 Å². The third-order valence-electron chi connectivity index (χ3n) is 8.38. The summed E-state index contributed by atoms with van der Waals surface area (Å²) in [6.45, 7) is 9.54. The topological polar surface area (TPSA) is 78.9 Å². The normalized spacial score (nSPS) is 9.94. The van der Waals surface area contributed by atoms with Crippen LogP contribution in [0.25, 0.3) is 0 Å². The summed E-state index contributed by atoms with van der Waals surface area (Å²) in [5.41, 5.74) is 2.42. The summed E-state index contributed by atoms with van der Waals surface area (Å²) in [6, 6.07) is 45.3. The van der Waals surface area contributed by atoms with E-state index in [9.17, 15) is 27.6 Å². The number of alkyl halides is 5. The molecular formula is C51H53Br2Cl4F3O6P-. The lowest BCUT2D eigenvalue weighted by Crippen LogP contribution is -3.00. The summed E-state index contributed by atoms with van der Waals surface area (Å²) < 4.78 is 52.0. The first-order valence-electron chi connectivity index (χ1n) is 20.1. The molecule has 0 atom stereocenters. The predicted octanol–water partition coefficient (Wildman–Crippen LogP) is 11.4. The summed E-state index contributed by atoms with van der Waals surface area (Å²) in [7, 11) is -0.446. The van der Waals surface area contributed by atoms with Crippen molar-refractivity contribution < 1.29 is 58.7 Å². The summed E-state index contributed by atoms with van der Waals surface area (Å²) in [5.74, 6) is -2.58. The number of benzene rings is 6. The Morgan fingerprint density at radius 2 is 0.821 bits per heavy atom. The van der Waals surface area contributed by atoms with Crippen molar-refractivity contribution in [1.82, 2.24) is 0 Å². The maximum atomic E-state index is 13.2. The van der Waals surface area contributed by atoms with Crippen LogP contribution in [-0.4, -0.2) is 41.0 Å². The van der Waals surface area contributed by atoms with Crippen LogP contribution in [0, 0.1) is 24.4 Å². The molecule has 362 valence electrons. The van der Waals surface area contributed by atoms with Crippen molar-refractivity contribution in [3.8, 4) is 0 Å². The van der Waals surface area contributed by atoms with E-state index in [2.05, 4.69) is 107 Å². The lowest BCUT2D eigenvalue weighted by atomic mass is 10.1. The van der Waals surface area contributed by atoms with E-state index in [4.69, 9.17) is 60.6 Å². The highest BCUT2D eigenvalue weighted by Crippen LogP contribution is 2.32. The SMILES string of the molecule is C.CCOC(=O)c1ccc(C)c(F)c1.CCOC(=O)c1ccc(CBr)c(F)c1.CCOC(=O)c1ccc(CC)c(F)c1.ClC(Cl)(Cl)Cl.[Br-].c1ccc(P(c2ccccc2)c2ccccc2)cc1. The van der Waals surface area contributed by atoms with Crippen molar-refractivity contribution in [3.05, 3.63) is 196 Å². The van der Waals surface area contributed by atoms with Gasteiger partial charge in [-0.1, -0.05) is 186 Å². The third-order valence-corrected chi connectivity index (χ3v) is 11.4. The van der Waals surface area contributed by atoms with Gasteiger partial charge in [-0.15, -0.1) is 0 Å². The smallest absolute Gasteiger partial charge is 0.338 e. The first-order chi connectivity index (χ1) is 31.0. The molecular weight excluding hydrogens is 1100 g/mol. The van der Waals surface area contributed by atoms with Crippen molar-refractivity contribution >= 4 is 104 Å². The van der Waals surface area contributed by atoms with Crippen molar-refractivity contribution in [2.45, 2.75) is 57.0 Å². The Labute approximate surface area is 433 Å². The minimum Gasteiger partial charge on any atom is -1.00 e. The highest BCUT2D eigenvalue weighted by atomic mass is 79.9. The molecule has 0 fully saturated rings. The maximum absolute atomic E-state index is 13.2. The van der Waals surface area contributed by atoms with Crippen LogP contribution in [0.4, 0.5) is 13.2 Å². The van der Waals surface area contributed by atoms with Gasteiger partial charge in [-0.2, -0.15) is 0 Å². The Balaban J connectivity index is 0.000000839. The molecule has 0 aliphatic heterocycles. The Bertz CT molecular complexity index is 2200. The number of hydrogen-bond acceptors (Lipinski definition) is 6. The third kappa shape index (κ3) is 24.3. The van der Waals surface area contributed by atoms with Crippen molar-refractivity contribution in [2.75, 3.05) is 19.8 Å². The number of rotatable bonds is 11. The molecule has 0 amide bonds. The van der Waals surface area contributed by atoms with E-state index in [0.29, 0.717) is 48.3 Å².